The standard InChI is InChI=1S/C19H23N9OS2/c1-14(29)27(15-7-8-15)18-21-26(19(30)31-18)13-24-9-11-25(12-10-24)17-20-22-23-28(17)16-5-3-2-4-6-16/h2-6,15H,7-13H2,1H3. The zero-order valence-electron chi connectivity index (χ0n) is 17.2. The Morgan fingerprint density at radius 2 is 1.94 bits per heavy atom. The van der Waals surface area contributed by atoms with Crippen LogP contribution in [-0.4, -0.2) is 73.0 Å². The summed E-state index contributed by atoms with van der Waals surface area (Å²) in [6.07, 6.45) is 2.08. The Balaban J connectivity index is 1.24. The van der Waals surface area contributed by atoms with E-state index < -0.39 is 0 Å². The highest BCUT2D eigenvalue weighted by atomic mass is 32.1. The van der Waals surface area contributed by atoms with Gasteiger partial charge in [0.2, 0.25) is 17.0 Å². The molecule has 10 nitrogen and oxygen atoms in total. The van der Waals surface area contributed by atoms with Gasteiger partial charge in [0.05, 0.1) is 12.4 Å². The van der Waals surface area contributed by atoms with Gasteiger partial charge in [0.15, 0.2) is 3.95 Å². The van der Waals surface area contributed by atoms with Gasteiger partial charge in [0, 0.05) is 39.1 Å². The van der Waals surface area contributed by atoms with Crippen molar-refractivity contribution >= 4 is 40.5 Å². The second-order valence-corrected chi connectivity index (χ2v) is 9.34. The molecule has 3 aromatic rings. The van der Waals surface area contributed by atoms with E-state index in [1.54, 1.807) is 16.5 Å². The predicted octanol–water partition coefficient (Wildman–Crippen LogP) is 1.94. The van der Waals surface area contributed by atoms with Gasteiger partial charge < -0.3 is 4.90 Å². The van der Waals surface area contributed by atoms with Crippen LogP contribution in [0.25, 0.3) is 5.69 Å². The Hall–Kier alpha value is -2.70. The topological polar surface area (TPSA) is 88.2 Å². The Kier molecular flexibility index (Phi) is 5.50. The first-order valence-electron chi connectivity index (χ1n) is 10.3. The summed E-state index contributed by atoms with van der Waals surface area (Å²) < 4.78 is 4.29. The monoisotopic (exact) mass is 457 g/mol. The fourth-order valence-corrected chi connectivity index (χ4v) is 4.95. The number of hydrogen-bond acceptors (Lipinski definition) is 9. The molecule has 2 fully saturated rings. The number of carbonyl (C=O) groups excluding carboxylic acids is 1. The van der Waals surface area contributed by atoms with Gasteiger partial charge in [-0.25, -0.2) is 4.68 Å². The first-order chi connectivity index (χ1) is 15.1. The zero-order chi connectivity index (χ0) is 21.4. The summed E-state index contributed by atoms with van der Waals surface area (Å²) in [5.74, 6) is 0.781. The van der Waals surface area contributed by atoms with Crippen molar-refractivity contribution in [3.05, 3.63) is 34.3 Å². The molecule has 1 saturated heterocycles. The van der Waals surface area contributed by atoms with E-state index in [0.29, 0.717) is 15.8 Å². The summed E-state index contributed by atoms with van der Waals surface area (Å²) in [5, 5.41) is 17.6. The second kappa shape index (κ2) is 8.44. The first-order valence-corrected chi connectivity index (χ1v) is 11.5. The molecule has 0 spiro atoms. The smallest absolute Gasteiger partial charge is 0.250 e. The van der Waals surface area contributed by atoms with Crippen LogP contribution < -0.4 is 9.80 Å². The molecular formula is C19H23N9OS2. The fraction of sp³-hybridized carbons (Fsp3) is 0.474. The Bertz CT molecular complexity index is 1110. The van der Waals surface area contributed by atoms with E-state index in [9.17, 15) is 4.79 Å². The lowest BCUT2D eigenvalue weighted by Crippen LogP contribution is -2.47. The van der Waals surface area contributed by atoms with Crippen LogP contribution in [0.1, 0.15) is 19.8 Å². The molecule has 0 bridgehead atoms. The van der Waals surface area contributed by atoms with Crippen molar-refractivity contribution in [2.24, 2.45) is 0 Å². The molecule has 0 unspecified atom stereocenters. The summed E-state index contributed by atoms with van der Waals surface area (Å²) in [7, 11) is 0. The molecule has 2 aromatic heterocycles. The summed E-state index contributed by atoms with van der Waals surface area (Å²) in [6, 6.07) is 10.2. The number of para-hydroxylation sites is 1. The Labute approximate surface area is 188 Å². The van der Waals surface area contributed by atoms with Gasteiger partial charge in [-0.2, -0.15) is 4.68 Å². The third-order valence-corrected chi connectivity index (χ3v) is 6.80. The van der Waals surface area contributed by atoms with Gasteiger partial charge in [-0.1, -0.05) is 34.6 Å². The first kappa shape index (κ1) is 20.2. The van der Waals surface area contributed by atoms with Crippen molar-refractivity contribution in [2.45, 2.75) is 32.5 Å². The lowest BCUT2D eigenvalue weighted by Gasteiger charge is -2.34. The number of tetrazole rings is 1. The van der Waals surface area contributed by atoms with Gasteiger partial charge in [0.25, 0.3) is 0 Å². The second-order valence-electron chi connectivity index (χ2n) is 7.74. The van der Waals surface area contributed by atoms with Crippen LogP contribution in [0.3, 0.4) is 0 Å². The number of hydrogen-bond donors (Lipinski definition) is 0. The van der Waals surface area contributed by atoms with Gasteiger partial charge in [0.1, 0.15) is 0 Å². The van der Waals surface area contributed by atoms with Crippen LogP contribution in [0, 0.1) is 3.95 Å². The van der Waals surface area contributed by atoms with E-state index in [0.717, 1.165) is 50.7 Å². The van der Waals surface area contributed by atoms with E-state index in [4.69, 9.17) is 12.2 Å². The molecule has 1 amide bonds. The molecule has 0 N–H and O–H groups in total. The molecule has 0 radical (unpaired) electrons. The maximum absolute atomic E-state index is 12.0. The third-order valence-electron chi connectivity index (χ3n) is 5.50. The maximum Gasteiger partial charge on any atom is 0.250 e. The molecule has 1 aliphatic heterocycles. The molecular weight excluding hydrogens is 434 g/mol. The number of amides is 1. The van der Waals surface area contributed by atoms with Crippen LogP contribution in [-0.2, 0) is 11.5 Å². The fourth-order valence-electron chi connectivity index (χ4n) is 3.76. The SMILES string of the molecule is CC(=O)N(c1nn(CN2CCN(c3nnnn3-c3ccccc3)CC2)c(=S)s1)C1CC1. The number of benzene rings is 1. The van der Waals surface area contributed by atoms with Crippen LogP contribution in [0.2, 0.25) is 0 Å². The van der Waals surface area contributed by atoms with Crippen LogP contribution >= 0.6 is 23.6 Å². The summed E-state index contributed by atoms with van der Waals surface area (Å²) in [6.45, 7) is 5.50. The number of piperazine rings is 1. The molecule has 12 heteroatoms. The van der Waals surface area contributed by atoms with E-state index in [1.807, 2.05) is 35.0 Å². The van der Waals surface area contributed by atoms with Crippen LogP contribution in [0.15, 0.2) is 30.3 Å². The molecule has 3 heterocycles. The average Bonchev–Trinajstić information content (AvgIpc) is 3.36. The zero-order valence-corrected chi connectivity index (χ0v) is 18.8. The quantitative estimate of drug-likeness (QED) is 0.519. The normalized spacial score (nSPS) is 17.1. The number of anilines is 2. The van der Waals surface area contributed by atoms with Crippen molar-refractivity contribution in [3.8, 4) is 5.69 Å². The van der Waals surface area contributed by atoms with Gasteiger partial charge in [-0.3, -0.25) is 14.6 Å². The molecule has 0 atom stereocenters. The predicted molar refractivity (Wildman–Crippen MR) is 120 cm³/mol. The largest absolute Gasteiger partial charge is 0.337 e. The number of rotatable bonds is 6. The molecule has 31 heavy (non-hydrogen) atoms. The molecule has 162 valence electrons. The van der Waals surface area contributed by atoms with E-state index in [2.05, 4.69) is 30.4 Å². The van der Waals surface area contributed by atoms with Crippen molar-refractivity contribution in [1.29, 1.82) is 0 Å². The van der Waals surface area contributed by atoms with E-state index >= 15 is 0 Å². The summed E-state index contributed by atoms with van der Waals surface area (Å²) in [4.78, 5) is 18.3. The summed E-state index contributed by atoms with van der Waals surface area (Å²) >= 11 is 6.94. The van der Waals surface area contributed by atoms with Crippen LogP contribution in [0.4, 0.5) is 11.1 Å². The van der Waals surface area contributed by atoms with Crippen molar-refractivity contribution in [2.75, 3.05) is 36.0 Å². The molecule has 1 aromatic carbocycles. The summed E-state index contributed by atoms with van der Waals surface area (Å²) in [5.41, 5.74) is 0.942. The number of aromatic nitrogens is 6. The molecule has 2 aliphatic rings. The van der Waals surface area contributed by atoms with Crippen molar-refractivity contribution < 1.29 is 4.79 Å². The van der Waals surface area contributed by atoms with Crippen molar-refractivity contribution in [3.63, 3.8) is 0 Å². The minimum absolute atomic E-state index is 0.0307. The van der Waals surface area contributed by atoms with Gasteiger partial charge in [-0.05, 0) is 47.6 Å². The minimum Gasteiger partial charge on any atom is -0.337 e. The lowest BCUT2D eigenvalue weighted by atomic mass is 10.3. The Morgan fingerprint density at radius 3 is 2.61 bits per heavy atom. The van der Waals surface area contributed by atoms with E-state index in [-0.39, 0.29) is 11.9 Å². The van der Waals surface area contributed by atoms with Crippen LogP contribution in [0.5, 0.6) is 0 Å². The minimum atomic E-state index is 0.0307. The maximum atomic E-state index is 12.0. The highest BCUT2D eigenvalue weighted by Crippen LogP contribution is 2.33. The molecule has 1 aliphatic carbocycles. The number of carbonyl (C=O) groups is 1. The highest BCUT2D eigenvalue weighted by Gasteiger charge is 2.34. The lowest BCUT2D eigenvalue weighted by molar-refractivity contribution is -0.116. The third kappa shape index (κ3) is 4.23. The van der Waals surface area contributed by atoms with E-state index in [1.165, 1.54) is 11.3 Å². The molecule has 1 saturated carbocycles. The average molecular weight is 458 g/mol. The van der Waals surface area contributed by atoms with Gasteiger partial charge >= 0.3 is 0 Å². The highest BCUT2D eigenvalue weighted by molar-refractivity contribution is 7.73. The van der Waals surface area contributed by atoms with Crippen molar-refractivity contribution in [1.82, 2.24) is 34.9 Å². The van der Waals surface area contributed by atoms with Gasteiger partial charge in [-0.15, -0.1) is 5.10 Å². The molecule has 5 rings (SSSR count). The Morgan fingerprint density at radius 1 is 1.19 bits per heavy atom. The number of nitrogens with zero attached hydrogens (tertiary/aromatic N) is 9.